The van der Waals surface area contributed by atoms with Crippen LogP contribution in [0.25, 0.3) is 0 Å². The molecule has 1 unspecified atom stereocenters. The fourth-order valence-corrected chi connectivity index (χ4v) is 6.22. The van der Waals surface area contributed by atoms with Crippen LogP contribution in [0.1, 0.15) is 89.4 Å². The maximum atomic E-state index is 13.2. The van der Waals surface area contributed by atoms with Crippen LogP contribution in [0.3, 0.4) is 0 Å². The zero-order chi connectivity index (χ0) is 32.5. The first kappa shape index (κ1) is 34.0. The normalized spacial score (nSPS) is 15.3. The number of pyridine rings is 1. The zero-order valence-corrected chi connectivity index (χ0v) is 28.2. The summed E-state index contributed by atoms with van der Waals surface area (Å²) in [5.74, 6) is 0.684. The number of rotatable bonds is 13. The van der Waals surface area contributed by atoms with Crippen molar-refractivity contribution in [1.29, 1.82) is 0 Å². The maximum Gasteiger partial charge on any atom is 0.251 e. The number of hydrogen-bond acceptors (Lipinski definition) is 6. The highest BCUT2D eigenvalue weighted by Crippen LogP contribution is 2.29. The van der Waals surface area contributed by atoms with Crippen molar-refractivity contribution in [2.24, 2.45) is 0 Å². The van der Waals surface area contributed by atoms with Gasteiger partial charge < -0.3 is 25.2 Å². The molecule has 0 bridgehead atoms. The Morgan fingerprint density at radius 3 is 2.27 bits per heavy atom. The highest BCUT2D eigenvalue weighted by Gasteiger charge is 2.28. The Bertz CT molecular complexity index is 1410. The number of likely N-dealkylation sites (tertiary alicyclic amines) is 1. The number of benzene rings is 2. The summed E-state index contributed by atoms with van der Waals surface area (Å²) in [5.41, 5.74) is 6.59. The van der Waals surface area contributed by atoms with Gasteiger partial charge in [0.05, 0.1) is 7.11 Å². The lowest BCUT2D eigenvalue weighted by molar-refractivity contribution is 0.0928. The number of hydrogen-bond donors (Lipinski definition) is 2. The highest BCUT2D eigenvalue weighted by atomic mass is 16.5. The van der Waals surface area contributed by atoms with Crippen molar-refractivity contribution in [3.05, 3.63) is 88.2 Å². The number of anilines is 1. The van der Waals surface area contributed by atoms with Gasteiger partial charge in [-0.05, 0) is 125 Å². The Balaban J connectivity index is 1.32. The van der Waals surface area contributed by atoms with Crippen LogP contribution in [0.5, 0.6) is 5.75 Å². The molecule has 0 aliphatic carbocycles. The monoisotopic (exact) mass is 613 g/mol. The van der Waals surface area contributed by atoms with Crippen LogP contribution >= 0.6 is 0 Å². The van der Waals surface area contributed by atoms with E-state index in [1.54, 1.807) is 7.11 Å². The van der Waals surface area contributed by atoms with Crippen molar-refractivity contribution >= 4 is 17.5 Å². The fraction of sp³-hybridized carbons (Fsp3) is 0.486. The van der Waals surface area contributed by atoms with E-state index in [0.717, 1.165) is 62.2 Å². The maximum absolute atomic E-state index is 13.2. The smallest absolute Gasteiger partial charge is 0.251 e. The third kappa shape index (κ3) is 8.85. The molecule has 1 aliphatic rings. The lowest BCUT2D eigenvalue weighted by Gasteiger charge is -2.42. The van der Waals surface area contributed by atoms with Gasteiger partial charge in [-0.1, -0.05) is 6.92 Å². The number of amides is 2. The molecule has 1 fully saturated rings. The number of aromatic nitrogens is 1. The van der Waals surface area contributed by atoms with E-state index in [1.165, 1.54) is 16.8 Å². The van der Waals surface area contributed by atoms with E-state index in [4.69, 9.17) is 4.74 Å². The van der Waals surface area contributed by atoms with E-state index in [2.05, 4.69) is 57.5 Å². The third-order valence-electron chi connectivity index (χ3n) is 9.31. The average molecular weight is 614 g/mol. The summed E-state index contributed by atoms with van der Waals surface area (Å²) in [4.78, 5) is 35.3. The van der Waals surface area contributed by atoms with Crippen LogP contribution in [-0.4, -0.2) is 66.6 Å². The van der Waals surface area contributed by atoms with Gasteiger partial charge in [0.15, 0.2) is 0 Å². The molecule has 45 heavy (non-hydrogen) atoms. The second-order valence-electron chi connectivity index (χ2n) is 12.6. The van der Waals surface area contributed by atoms with Gasteiger partial charge in [-0.2, -0.15) is 0 Å². The zero-order valence-electron chi connectivity index (χ0n) is 28.2. The lowest BCUT2D eigenvalue weighted by atomic mass is 9.97. The molecule has 2 atom stereocenters. The van der Waals surface area contributed by atoms with Crippen LogP contribution in [0, 0.1) is 20.8 Å². The van der Waals surface area contributed by atoms with E-state index < -0.39 is 0 Å². The predicted molar refractivity (Wildman–Crippen MR) is 182 cm³/mol. The van der Waals surface area contributed by atoms with Crippen molar-refractivity contribution in [2.45, 2.75) is 91.9 Å². The number of aryl methyl sites for hydroxylation is 3. The lowest BCUT2D eigenvalue weighted by Crippen LogP contribution is -2.48. The molecular weight excluding hydrogens is 562 g/mol. The molecule has 8 nitrogen and oxygen atoms in total. The number of carbonyl (C=O) groups is 2. The summed E-state index contributed by atoms with van der Waals surface area (Å²) in [5, 5.41) is 6.15. The number of methoxy groups -OCH3 is 1. The average Bonchev–Trinajstić information content (AvgIpc) is 3.04. The molecule has 0 saturated carbocycles. The summed E-state index contributed by atoms with van der Waals surface area (Å²) >= 11 is 0. The SMILES string of the molecule is CCC(C)NC(=O)c1cc(C)c(C(=O)NCC[C@@H](C)N2CCC(N(Cc3cnccc3C)c3ccc(OC)cc3)CC2)c(C)c1. The topological polar surface area (TPSA) is 86.8 Å². The third-order valence-corrected chi connectivity index (χ3v) is 9.31. The van der Waals surface area contributed by atoms with Crippen molar-refractivity contribution < 1.29 is 14.3 Å². The molecule has 4 rings (SSSR count). The molecule has 2 aromatic carbocycles. The van der Waals surface area contributed by atoms with E-state index in [0.29, 0.717) is 29.8 Å². The Morgan fingerprint density at radius 2 is 1.67 bits per heavy atom. The van der Waals surface area contributed by atoms with Crippen molar-refractivity contribution in [3.8, 4) is 5.75 Å². The van der Waals surface area contributed by atoms with Crippen LogP contribution < -0.4 is 20.3 Å². The Hall–Kier alpha value is -3.91. The van der Waals surface area contributed by atoms with Gasteiger partial charge in [0, 0.05) is 73.5 Å². The van der Waals surface area contributed by atoms with Crippen LogP contribution in [0.2, 0.25) is 0 Å². The van der Waals surface area contributed by atoms with Gasteiger partial charge >= 0.3 is 0 Å². The Morgan fingerprint density at radius 1 is 1.00 bits per heavy atom. The van der Waals surface area contributed by atoms with Gasteiger partial charge in [0.1, 0.15) is 5.75 Å². The van der Waals surface area contributed by atoms with E-state index in [1.807, 2.05) is 64.4 Å². The standard InChI is InChI=1S/C37H51N5O3/c1-8-28(5)40-36(43)30-21-26(3)35(27(4)22-30)37(44)39-18-14-29(6)41-19-15-33(16-20-41)42(24-31-23-38-17-13-25(31)2)32-9-11-34(45-7)12-10-32/h9-13,17,21-23,28-29,33H,8,14-16,18-20,24H2,1-7H3,(H,39,44)(H,40,43)/t28?,29-/m1/s1. The second-order valence-corrected chi connectivity index (χ2v) is 12.6. The molecule has 1 saturated heterocycles. The van der Waals surface area contributed by atoms with E-state index in [-0.39, 0.29) is 17.9 Å². The van der Waals surface area contributed by atoms with Gasteiger partial charge in [-0.3, -0.25) is 14.6 Å². The van der Waals surface area contributed by atoms with Crippen LogP contribution in [-0.2, 0) is 6.54 Å². The summed E-state index contributed by atoms with van der Waals surface area (Å²) in [7, 11) is 1.70. The Labute approximate surface area is 269 Å². The Kier molecular flexibility index (Phi) is 12.0. The molecule has 3 aromatic rings. The molecule has 2 heterocycles. The predicted octanol–water partition coefficient (Wildman–Crippen LogP) is 6.22. The molecule has 2 amide bonds. The minimum Gasteiger partial charge on any atom is -0.497 e. The largest absolute Gasteiger partial charge is 0.497 e. The summed E-state index contributed by atoms with van der Waals surface area (Å²) < 4.78 is 5.41. The minimum atomic E-state index is -0.0978. The molecule has 8 heteroatoms. The first-order chi connectivity index (χ1) is 21.6. The summed E-state index contributed by atoms with van der Waals surface area (Å²) in [6.45, 7) is 15.7. The molecule has 1 aliphatic heterocycles. The minimum absolute atomic E-state index is 0.0781. The number of nitrogens with one attached hydrogen (secondary N) is 2. The first-order valence-corrected chi connectivity index (χ1v) is 16.4. The van der Waals surface area contributed by atoms with Crippen molar-refractivity contribution in [3.63, 3.8) is 0 Å². The number of ether oxygens (including phenoxy) is 1. The molecule has 1 aromatic heterocycles. The highest BCUT2D eigenvalue weighted by molar-refractivity contribution is 6.00. The molecular formula is C37H51N5O3. The molecule has 0 radical (unpaired) electrons. The summed E-state index contributed by atoms with van der Waals surface area (Å²) in [6.07, 6.45) is 7.72. The van der Waals surface area contributed by atoms with Crippen molar-refractivity contribution in [1.82, 2.24) is 20.5 Å². The van der Waals surface area contributed by atoms with Gasteiger partial charge in [-0.25, -0.2) is 0 Å². The van der Waals surface area contributed by atoms with Gasteiger partial charge in [-0.15, -0.1) is 0 Å². The number of piperidine rings is 1. The van der Waals surface area contributed by atoms with E-state index >= 15 is 0 Å². The summed E-state index contributed by atoms with van der Waals surface area (Å²) in [6, 6.07) is 15.0. The van der Waals surface area contributed by atoms with E-state index in [9.17, 15) is 9.59 Å². The number of carbonyl (C=O) groups excluding carboxylic acids is 2. The van der Waals surface area contributed by atoms with Crippen LogP contribution in [0.4, 0.5) is 5.69 Å². The molecule has 2 N–H and O–H groups in total. The van der Waals surface area contributed by atoms with Crippen molar-refractivity contribution in [2.75, 3.05) is 31.6 Å². The first-order valence-electron chi connectivity index (χ1n) is 16.4. The fourth-order valence-electron chi connectivity index (χ4n) is 6.22. The van der Waals surface area contributed by atoms with Gasteiger partial charge in [0.25, 0.3) is 11.8 Å². The molecule has 242 valence electrons. The van der Waals surface area contributed by atoms with Crippen LogP contribution in [0.15, 0.2) is 54.9 Å². The quantitative estimate of drug-likeness (QED) is 0.238. The molecule has 0 spiro atoms. The number of nitrogens with zero attached hydrogens (tertiary/aromatic N) is 3. The van der Waals surface area contributed by atoms with Gasteiger partial charge in [0.2, 0.25) is 0 Å². The second kappa shape index (κ2) is 15.9.